The highest BCUT2D eigenvalue weighted by molar-refractivity contribution is 6.30. The quantitative estimate of drug-likeness (QED) is 0.843. The summed E-state index contributed by atoms with van der Waals surface area (Å²) >= 11 is 5.81. The summed E-state index contributed by atoms with van der Waals surface area (Å²) in [4.78, 5) is 27.1. The number of carbonyl (C=O) groups is 2. The van der Waals surface area contributed by atoms with Crippen LogP contribution in [0.1, 0.15) is 19.8 Å². The monoisotopic (exact) mass is 338 g/mol. The third-order valence-electron chi connectivity index (χ3n) is 4.05. The van der Waals surface area contributed by atoms with Crippen LogP contribution in [0.25, 0.3) is 0 Å². The molecule has 0 saturated carbocycles. The standard InChI is InChI=1S/C17H24ClN3O2/c1-13-4-3-9-21(10-13)17(23)12-20(2)11-16(22)19-15-7-5-14(18)6-8-15/h5-8,13H,3-4,9-12H2,1-2H3,(H,19,22)/p+1/t13-/m1/s1. The normalized spacial score (nSPS) is 19.3. The van der Waals surface area contributed by atoms with E-state index < -0.39 is 0 Å². The van der Waals surface area contributed by atoms with Crippen molar-refractivity contribution < 1.29 is 14.5 Å². The Morgan fingerprint density at radius 3 is 2.65 bits per heavy atom. The van der Waals surface area contributed by atoms with Crippen LogP contribution in [0.2, 0.25) is 5.02 Å². The summed E-state index contributed by atoms with van der Waals surface area (Å²) in [6, 6.07) is 6.98. The van der Waals surface area contributed by atoms with Crippen LogP contribution in [0.3, 0.4) is 0 Å². The number of likely N-dealkylation sites (tertiary alicyclic amines) is 1. The van der Waals surface area contributed by atoms with Gasteiger partial charge in [0.1, 0.15) is 0 Å². The topological polar surface area (TPSA) is 53.9 Å². The molecule has 1 unspecified atom stereocenters. The van der Waals surface area contributed by atoms with Crippen molar-refractivity contribution in [2.45, 2.75) is 19.8 Å². The number of amides is 2. The zero-order valence-corrected chi connectivity index (χ0v) is 14.5. The Hall–Kier alpha value is -1.59. The maximum absolute atomic E-state index is 12.3. The van der Waals surface area contributed by atoms with E-state index in [1.54, 1.807) is 24.3 Å². The van der Waals surface area contributed by atoms with E-state index in [-0.39, 0.29) is 18.4 Å². The highest BCUT2D eigenvalue weighted by atomic mass is 35.5. The van der Waals surface area contributed by atoms with Crippen LogP contribution < -0.4 is 10.2 Å². The van der Waals surface area contributed by atoms with Gasteiger partial charge in [-0.15, -0.1) is 0 Å². The Kier molecular flexibility index (Phi) is 6.42. The molecular weight excluding hydrogens is 314 g/mol. The number of nitrogens with zero attached hydrogens (tertiary/aromatic N) is 1. The SMILES string of the molecule is C[C@@H]1CCCN(C(=O)C[NH+](C)CC(=O)Nc2ccc(Cl)cc2)C1. The average molecular weight is 339 g/mol. The van der Waals surface area contributed by atoms with Gasteiger partial charge < -0.3 is 15.1 Å². The molecule has 0 radical (unpaired) electrons. The zero-order valence-electron chi connectivity index (χ0n) is 13.8. The van der Waals surface area contributed by atoms with Crippen LogP contribution >= 0.6 is 11.6 Å². The van der Waals surface area contributed by atoms with E-state index >= 15 is 0 Å². The van der Waals surface area contributed by atoms with Crippen molar-refractivity contribution >= 4 is 29.1 Å². The second kappa shape index (κ2) is 8.31. The number of piperidine rings is 1. The third-order valence-corrected chi connectivity index (χ3v) is 4.31. The molecule has 1 aromatic carbocycles. The molecule has 1 aliphatic heterocycles. The third kappa shape index (κ3) is 5.84. The van der Waals surface area contributed by atoms with Crippen molar-refractivity contribution in [2.24, 2.45) is 5.92 Å². The summed E-state index contributed by atoms with van der Waals surface area (Å²) in [6.07, 6.45) is 2.26. The van der Waals surface area contributed by atoms with Gasteiger partial charge in [0.05, 0.1) is 7.05 Å². The van der Waals surface area contributed by atoms with E-state index in [1.165, 1.54) is 6.42 Å². The number of nitrogens with one attached hydrogen (secondary N) is 2. The molecule has 1 fully saturated rings. The predicted octanol–water partition coefficient (Wildman–Crippen LogP) is 1.05. The molecule has 1 aromatic rings. The largest absolute Gasteiger partial charge is 0.338 e. The fourth-order valence-electron chi connectivity index (χ4n) is 2.86. The molecule has 2 atom stereocenters. The Morgan fingerprint density at radius 2 is 2.00 bits per heavy atom. The highest BCUT2D eigenvalue weighted by Gasteiger charge is 2.24. The van der Waals surface area contributed by atoms with Crippen molar-refractivity contribution in [2.75, 3.05) is 38.5 Å². The van der Waals surface area contributed by atoms with E-state index in [9.17, 15) is 9.59 Å². The molecule has 2 amide bonds. The smallest absolute Gasteiger partial charge is 0.279 e. The highest BCUT2D eigenvalue weighted by Crippen LogP contribution is 2.15. The summed E-state index contributed by atoms with van der Waals surface area (Å²) in [5.74, 6) is 0.596. The number of carbonyl (C=O) groups excluding carboxylic acids is 2. The molecule has 0 bridgehead atoms. The van der Waals surface area contributed by atoms with Gasteiger partial charge in [0.2, 0.25) is 0 Å². The molecule has 0 aromatic heterocycles. The van der Waals surface area contributed by atoms with Gasteiger partial charge in [0.15, 0.2) is 13.1 Å². The molecule has 2 rings (SSSR count). The first-order chi connectivity index (χ1) is 10.9. The van der Waals surface area contributed by atoms with Gasteiger partial charge in [-0.1, -0.05) is 18.5 Å². The second-order valence-corrected chi connectivity index (χ2v) is 6.89. The van der Waals surface area contributed by atoms with Gasteiger partial charge in [0.25, 0.3) is 11.8 Å². The van der Waals surface area contributed by atoms with Crippen molar-refractivity contribution in [1.82, 2.24) is 4.90 Å². The van der Waals surface area contributed by atoms with Crippen LogP contribution in [0.15, 0.2) is 24.3 Å². The summed E-state index contributed by atoms with van der Waals surface area (Å²) in [6.45, 7) is 4.46. The van der Waals surface area contributed by atoms with Gasteiger partial charge in [-0.3, -0.25) is 9.59 Å². The van der Waals surface area contributed by atoms with E-state index in [4.69, 9.17) is 11.6 Å². The summed E-state index contributed by atoms with van der Waals surface area (Å²) in [7, 11) is 1.87. The van der Waals surface area contributed by atoms with Crippen LogP contribution in [0, 0.1) is 5.92 Å². The maximum atomic E-state index is 12.3. The second-order valence-electron chi connectivity index (χ2n) is 6.45. The fraction of sp³-hybridized carbons (Fsp3) is 0.529. The lowest BCUT2D eigenvalue weighted by molar-refractivity contribution is -0.862. The van der Waals surface area contributed by atoms with E-state index in [0.717, 1.165) is 24.4 Å². The number of rotatable bonds is 5. The molecule has 126 valence electrons. The van der Waals surface area contributed by atoms with Crippen LogP contribution in [-0.2, 0) is 9.59 Å². The molecule has 5 nitrogen and oxygen atoms in total. The molecule has 0 aliphatic carbocycles. The van der Waals surface area contributed by atoms with Gasteiger partial charge in [-0.05, 0) is 43.0 Å². The number of benzene rings is 1. The minimum absolute atomic E-state index is 0.107. The average Bonchev–Trinajstić information content (AvgIpc) is 2.49. The lowest BCUT2D eigenvalue weighted by Gasteiger charge is -2.31. The minimum atomic E-state index is -0.107. The number of quaternary nitrogens is 1. The molecule has 0 spiro atoms. The molecule has 1 heterocycles. The first-order valence-corrected chi connectivity index (χ1v) is 8.46. The fourth-order valence-corrected chi connectivity index (χ4v) is 2.99. The van der Waals surface area contributed by atoms with Crippen LogP contribution in [0.4, 0.5) is 5.69 Å². The van der Waals surface area contributed by atoms with Crippen molar-refractivity contribution in [3.05, 3.63) is 29.3 Å². The zero-order chi connectivity index (χ0) is 16.8. The number of likely N-dealkylation sites (N-methyl/N-ethyl adjacent to an activating group) is 1. The van der Waals surface area contributed by atoms with Gasteiger partial charge in [-0.25, -0.2) is 0 Å². The van der Waals surface area contributed by atoms with Gasteiger partial charge >= 0.3 is 0 Å². The first-order valence-electron chi connectivity index (χ1n) is 8.08. The molecule has 1 aliphatic rings. The first kappa shape index (κ1) is 17.8. The summed E-state index contributed by atoms with van der Waals surface area (Å²) in [5, 5.41) is 3.45. The number of anilines is 1. The lowest BCUT2D eigenvalue weighted by Crippen LogP contribution is -3.11. The summed E-state index contributed by atoms with van der Waals surface area (Å²) in [5.41, 5.74) is 0.711. The Bertz CT molecular complexity index is 547. The number of halogens is 1. The molecule has 2 N–H and O–H groups in total. The van der Waals surface area contributed by atoms with Crippen molar-refractivity contribution in [1.29, 1.82) is 0 Å². The van der Waals surface area contributed by atoms with E-state index in [2.05, 4.69) is 12.2 Å². The van der Waals surface area contributed by atoms with Gasteiger partial charge in [0, 0.05) is 23.8 Å². The lowest BCUT2D eigenvalue weighted by atomic mass is 10.0. The molecule has 23 heavy (non-hydrogen) atoms. The van der Waals surface area contributed by atoms with Gasteiger partial charge in [-0.2, -0.15) is 0 Å². The summed E-state index contributed by atoms with van der Waals surface area (Å²) < 4.78 is 0. The molecule has 1 saturated heterocycles. The maximum Gasteiger partial charge on any atom is 0.279 e. The number of hydrogen-bond acceptors (Lipinski definition) is 2. The van der Waals surface area contributed by atoms with E-state index in [1.807, 2.05) is 11.9 Å². The Labute approximate surface area is 142 Å². The predicted molar refractivity (Wildman–Crippen MR) is 91.7 cm³/mol. The van der Waals surface area contributed by atoms with Crippen molar-refractivity contribution in [3.63, 3.8) is 0 Å². The Balaban J connectivity index is 1.77. The van der Waals surface area contributed by atoms with Crippen LogP contribution in [-0.4, -0.2) is 49.9 Å². The number of hydrogen-bond donors (Lipinski definition) is 2. The molecular formula is C17H25ClN3O2+. The van der Waals surface area contributed by atoms with Crippen LogP contribution in [0.5, 0.6) is 0 Å². The van der Waals surface area contributed by atoms with E-state index in [0.29, 0.717) is 23.2 Å². The molecule has 6 heteroatoms. The van der Waals surface area contributed by atoms with Crippen molar-refractivity contribution in [3.8, 4) is 0 Å². The Morgan fingerprint density at radius 1 is 1.30 bits per heavy atom. The minimum Gasteiger partial charge on any atom is -0.338 e.